The van der Waals surface area contributed by atoms with Gasteiger partial charge in [-0.3, -0.25) is 4.79 Å². The molecule has 0 aromatic heterocycles. The first kappa shape index (κ1) is 16.5. The number of anilines is 1. The molecule has 0 bridgehead atoms. The average Bonchev–Trinajstić information content (AvgIpc) is 2.48. The van der Waals surface area contributed by atoms with E-state index < -0.39 is 0 Å². The van der Waals surface area contributed by atoms with Crippen LogP contribution in [-0.4, -0.2) is 26.0 Å². The van der Waals surface area contributed by atoms with Crippen molar-refractivity contribution in [2.75, 3.05) is 25.0 Å². The predicted molar refractivity (Wildman–Crippen MR) is 86.1 cm³/mol. The van der Waals surface area contributed by atoms with Crippen LogP contribution in [0.25, 0.3) is 0 Å². The van der Waals surface area contributed by atoms with Crippen LogP contribution in [0.5, 0.6) is 0 Å². The van der Waals surface area contributed by atoms with Gasteiger partial charge in [-0.1, -0.05) is 50.8 Å². The molecule has 0 aliphatic rings. The Morgan fingerprint density at radius 3 is 2.50 bits per heavy atom. The van der Waals surface area contributed by atoms with Crippen molar-refractivity contribution in [3.05, 3.63) is 30.3 Å². The number of likely N-dealkylation sites (N-methyl/N-ethyl adjacent to an activating group) is 1. The van der Waals surface area contributed by atoms with E-state index in [4.69, 9.17) is 0 Å². The fraction of sp³-hybridized carbons (Fsp3) is 0.588. The van der Waals surface area contributed by atoms with E-state index in [9.17, 15) is 4.79 Å². The van der Waals surface area contributed by atoms with Crippen LogP contribution < -0.4 is 10.2 Å². The number of unbranched alkanes of at least 4 members (excludes halogenated alkanes) is 4. The van der Waals surface area contributed by atoms with Crippen molar-refractivity contribution in [1.29, 1.82) is 0 Å². The van der Waals surface area contributed by atoms with E-state index in [1.165, 1.54) is 31.4 Å². The maximum absolute atomic E-state index is 11.7. The third-order valence-corrected chi connectivity index (χ3v) is 3.47. The van der Waals surface area contributed by atoms with Gasteiger partial charge in [0.25, 0.3) is 0 Å². The minimum Gasteiger partial charge on any atom is -0.373 e. The van der Waals surface area contributed by atoms with Crippen molar-refractivity contribution in [1.82, 2.24) is 5.32 Å². The van der Waals surface area contributed by atoms with Gasteiger partial charge in [-0.25, -0.2) is 0 Å². The highest BCUT2D eigenvalue weighted by Crippen LogP contribution is 2.09. The fourth-order valence-electron chi connectivity index (χ4n) is 2.15. The van der Waals surface area contributed by atoms with E-state index >= 15 is 0 Å². The number of amides is 1. The van der Waals surface area contributed by atoms with Crippen molar-refractivity contribution in [2.45, 2.75) is 45.4 Å². The number of rotatable bonds is 10. The maximum Gasteiger partial charge on any atom is 0.220 e. The van der Waals surface area contributed by atoms with Crippen LogP contribution in [0.3, 0.4) is 0 Å². The highest BCUT2D eigenvalue weighted by atomic mass is 16.1. The molecule has 112 valence electrons. The Labute approximate surface area is 123 Å². The second kappa shape index (κ2) is 10.3. The summed E-state index contributed by atoms with van der Waals surface area (Å²) in [6, 6.07) is 10.2. The topological polar surface area (TPSA) is 32.3 Å². The molecule has 0 unspecified atom stereocenters. The second-order valence-corrected chi connectivity index (χ2v) is 5.27. The molecule has 20 heavy (non-hydrogen) atoms. The summed E-state index contributed by atoms with van der Waals surface area (Å²) in [4.78, 5) is 13.8. The van der Waals surface area contributed by atoms with E-state index in [1.807, 2.05) is 25.2 Å². The van der Waals surface area contributed by atoms with Gasteiger partial charge in [-0.15, -0.1) is 0 Å². The van der Waals surface area contributed by atoms with Gasteiger partial charge in [-0.05, 0) is 18.6 Å². The minimum atomic E-state index is 0.183. The Balaban J connectivity index is 2.07. The molecule has 1 amide bonds. The van der Waals surface area contributed by atoms with E-state index in [0.717, 1.165) is 13.0 Å². The zero-order valence-corrected chi connectivity index (χ0v) is 12.9. The SMILES string of the molecule is CCCCCCCC(=O)NCCN(C)c1ccccc1. The highest BCUT2D eigenvalue weighted by molar-refractivity contribution is 5.75. The van der Waals surface area contributed by atoms with Crippen LogP contribution in [0.4, 0.5) is 5.69 Å². The summed E-state index contributed by atoms with van der Waals surface area (Å²) < 4.78 is 0. The van der Waals surface area contributed by atoms with E-state index in [-0.39, 0.29) is 5.91 Å². The minimum absolute atomic E-state index is 0.183. The van der Waals surface area contributed by atoms with Crippen molar-refractivity contribution in [3.8, 4) is 0 Å². The maximum atomic E-state index is 11.7. The molecule has 0 heterocycles. The first-order chi connectivity index (χ1) is 9.74. The number of hydrogen-bond acceptors (Lipinski definition) is 2. The van der Waals surface area contributed by atoms with E-state index in [2.05, 4.69) is 29.3 Å². The molecule has 1 aromatic rings. The summed E-state index contributed by atoms with van der Waals surface area (Å²) in [5.74, 6) is 0.183. The lowest BCUT2D eigenvalue weighted by atomic mass is 10.1. The predicted octanol–water partition coefficient (Wildman–Crippen LogP) is 3.60. The molecule has 0 spiro atoms. The Kier molecular flexibility index (Phi) is 8.52. The van der Waals surface area contributed by atoms with Crippen molar-refractivity contribution < 1.29 is 4.79 Å². The van der Waals surface area contributed by atoms with Crippen LogP contribution in [0, 0.1) is 0 Å². The van der Waals surface area contributed by atoms with Gasteiger partial charge in [-0.2, -0.15) is 0 Å². The number of nitrogens with zero attached hydrogens (tertiary/aromatic N) is 1. The summed E-state index contributed by atoms with van der Waals surface area (Å²) in [6.45, 7) is 3.75. The monoisotopic (exact) mass is 276 g/mol. The first-order valence-corrected chi connectivity index (χ1v) is 7.77. The number of benzene rings is 1. The van der Waals surface area contributed by atoms with Gasteiger partial charge in [0.15, 0.2) is 0 Å². The van der Waals surface area contributed by atoms with Gasteiger partial charge >= 0.3 is 0 Å². The molecule has 0 saturated carbocycles. The van der Waals surface area contributed by atoms with Crippen molar-refractivity contribution >= 4 is 11.6 Å². The third-order valence-electron chi connectivity index (χ3n) is 3.47. The van der Waals surface area contributed by atoms with Crippen LogP contribution in [0.2, 0.25) is 0 Å². The Hall–Kier alpha value is -1.51. The largest absolute Gasteiger partial charge is 0.373 e. The molecule has 0 aliphatic heterocycles. The van der Waals surface area contributed by atoms with Crippen LogP contribution in [0.1, 0.15) is 45.4 Å². The Morgan fingerprint density at radius 2 is 1.80 bits per heavy atom. The number of nitrogens with one attached hydrogen (secondary N) is 1. The molecular weight excluding hydrogens is 248 g/mol. The molecule has 0 atom stereocenters. The van der Waals surface area contributed by atoms with Gasteiger partial charge in [0, 0.05) is 32.2 Å². The normalized spacial score (nSPS) is 10.3. The number of carbonyl (C=O) groups excluding carboxylic acids is 1. The lowest BCUT2D eigenvalue weighted by molar-refractivity contribution is -0.121. The summed E-state index contributed by atoms with van der Waals surface area (Å²) >= 11 is 0. The lowest BCUT2D eigenvalue weighted by Crippen LogP contribution is -2.32. The first-order valence-electron chi connectivity index (χ1n) is 7.77. The quantitative estimate of drug-likeness (QED) is 0.662. The lowest BCUT2D eigenvalue weighted by Gasteiger charge is -2.19. The molecule has 0 aliphatic carbocycles. The molecular formula is C17H28N2O. The summed E-state index contributed by atoms with van der Waals surface area (Å²) in [5.41, 5.74) is 1.18. The zero-order chi connectivity index (χ0) is 14.6. The Morgan fingerprint density at radius 1 is 1.10 bits per heavy atom. The number of para-hydroxylation sites is 1. The van der Waals surface area contributed by atoms with Gasteiger partial charge in [0.1, 0.15) is 0 Å². The van der Waals surface area contributed by atoms with E-state index in [1.54, 1.807) is 0 Å². The van der Waals surface area contributed by atoms with Crippen LogP contribution in [0.15, 0.2) is 30.3 Å². The van der Waals surface area contributed by atoms with Gasteiger partial charge in [0.05, 0.1) is 0 Å². The molecule has 0 saturated heterocycles. The third kappa shape index (κ3) is 7.17. The molecule has 0 radical (unpaired) electrons. The number of carbonyl (C=O) groups is 1. The van der Waals surface area contributed by atoms with Crippen LogP contribution in [-0.2, 0) is 4.79 Å². The second-order valence-electron chi connectivity index (χ2n) is 5.27. The molecule has 1 aromatic carbocycles. The van der Waals surface area contributed by atoms with Crippen molar-refractivity contribution in [2.24, 2.45) is 0 Å². The smallest absolute Gasteiger partial charge is 0.220 e. The molecule has 3 nitrogen and oxygen atoms in total. The Bertz CT molecular complexity index is 365. The molecule has 1 rings (SSSR count). The molecule has 1 N–H and O–H groups in total. The summed E-state index contributed by atoms with van der Waals surface area (Å²) in [6.07, 6.45) is 6.63. The molecule has 3 heteroatoms. The highest BCUT2D eigenvalue weighted by Gasteiger charge is 2.02. The van der Waals surface area contributed by atoms with Gasteiger partial charge < -0.3 is 10.2 Å². The summed E-state index contributed by atoms with van der Waals surface area (Å²) in [7, 11) is 2.05. The van der Waals surface area contributed by atoms with Crippen molar-refractivity contribution in [3.63, 3.8) is 0 Å². The molecule has 0 fully saturated rings. The van der Waals surface area contributed by atoms with Crippen LogP contribution >= 0.6 is 0 Å². The van der Waals surface area contributed by atoms with Gasteiger partial charge in [0.2, 0.25) is 5.91 Å². The fourth-order valence-corrected chi connectivity index (χ4v) is 2.15. The van der Waals surface area contributed by atoms with E-state index in [0.29, 0.717) is 13.0 Å². The summed E-state index contributed by atoms with van der Waals surface area (Å²) in [5, 5.41) is 2.99. The standard InChI is InChI=1S/C17H28N2O/c1-3-4-5-6-10-13-17(20)18-14-15-19(2)16-11-8-7-9-12-16/h7-9,11-12H,3-6,10,13-15H2,1-2H3,(H,18,20). The number of hydrogen-bond donors (Lipinski definition) is 1. The average molecular weight is 276 g/mol. The zero-order valence-electron chi connectivity index (χ0n) is 12.9.